The van der Waals surface area contributed by atoms with Crippen molar-refractivity contribution in [1.29, 1.82) is 5.26 Å². The lowest BCUT2D eigenvalue weighted by Gasteiger charge is -2.20. The number of hydrogen-bond donors (Lipinski definition) is 1. The van der Waals surface area contributed by atoms with Crippen molar-refractivity contribution in [1.82, 2.24) is 0 Å². The van der Waals surface area contributed by atoms with Crippen LogP contribution in [0.25, 0.3) is 6.08 Å². The lowest BCUT2D eigenvalue weighted by molar-refractivity contribution is -0.112. The normalized spacial score (nSPS) is 10.9. The monoisotopic (exact) mass is 347 g/mol. The SMILES string of the molecule is CCc1ccc(NC(=O)/C(C#N)=C/c2ccc(N(CC)CC)cc2)cc1. The average Bonchev–Trinajstić information content (AvgIpc) is 2.68. The second-order valence-electron chi connectivity index (χ2n) is 5.94. The molecule has 0 aliphatic rings. The van der Waals surface area contributed by atoms with Crippen LogP contribution in [0.2, 0.25) is 0 Å². The molecule has 0 atom stereocenters. The van der Waals surface area contributed by atoms with Crippen molar-refractivity contribution < 1.29 is 4.79 Å². The summed E-state index contributed by atoms with van der Waals surface area (Å²) in [6.07, 6.45) is 2.56. The van der Waals surface area contributed by atoms with Gasteiger partial charge in [0.05, 0.1) is 0 Å². The van der Waals surface area contributed by atoms with Gasteiger partial charge in [-0.3, -0.25) is 4.79 Å². The number of carbonyl (C=O) groups is 1. The van der Waals surface area contributed by atoms with Crippen molar-refractivity contribution in [3.05, 3.63) is 65.2 Å². The minimum atomic E-state index is -0.399. The zero-order chi connectivity index (χ0) is 18.9. The van der Waals surface area contributed by atoms with Gasteiger partial charge in [-0.25, -0.2) is 0 Å². The van der Waals surface area contributed by atoms with Gasteiger partial charge < -0.3 is 10.2 Å². The molecule has 2 rings (SSSR count). The third-order valence-electron chi connectivity index (χ3n) is 4.32. The van der Waals surface area contributed by atoms with Gasteiger partial charge in [-0.1, -0.05) is 31.2 Å². The Morgan fingerprint density at radius 1 is 1.04 bits per heavy atom. The Labute approximate surface area is 155 Å². The molecule has 0 aromatic heterocycles. The lowest BCUT2D eigenvalue weighted by atomic mass is 10.1. The van der Waals surface area contributed by atoms with Gasteiger partial charge in [0.1, 0.15) is 11.6 Å². The fraction of sp³-hybridized carbons (Fsp3) is 0.273. The van der Waals surface area contributed by atoms with E-state index in [9.17, 15) is 10.1 Å². The summed E-state index contributed by atoms with van der Waals surface area (Å²) in [4.78, 5) is 14.6. The largest absolute Gasteiger partial charge is 0.372 e. The zero-order valence-corrected chi connectivity index (χ0v) is 15.6. The molecule has 0 aliphatic carbocycles. The topological polar surface area (TPSA) is 56.1 Å². The van der Waals surface area contributed by atoms with E-state index in [-0.39, 0.29) is 5.57 Å². The molecule has 26 heavy (non-hydrogen) atoms. The first-order chi connectivity index (χ1) is 12.6. The molecule has 4 heteroatoms. The number of nitrogens with zero attached hydrogens (tertiary/aromatic N) is 2. The molecule has 1 N–H and O–H groups in total. The van der Waals surface area contributed by atoms with Gasteiger partial charge in [0.15, 0.2) is 0 Å². The van der Waals surface area contributed by atoms with Crippen molar-refractivity contribution in [3.8, 4) is 6.07 Å². The highest BCUT2D eigenvalue weighted by atomic mass is 16.1. The number of anilines is 2. The second kappa shape index (κ2) is 9.43. The Balaban J connectivity index is 2.13. The highest BCUT2D eigenvalue weighted by Gasteiger charge is 2.10. The molecule has 0 bridgehead atoms. The predicted octanol–water partition coefficient (Wildman–Crippen LogP) is 4.64. The van der Waals surface area contributed by atoms with Crippen LogP contribution in [-0.4, -0.2) is 19.0 Å². The van der Waals surface area contributed by atoms with Crippen LogP contribution in [-0.2, 0) is 11.2 Å². The summed E-state index contributed by atoms with van der Waals surface area (Å²) in [5, 5.41) is 12.1. The predicted molar refractivity (Wildman–Crippen MR) is 108 cm³/mol. The first-order valence-electron chi connectivity index (χ1n) is 8.98. The average molecular weight is 347 g/mol. The summed E-state index contributed by atoms with van der Waals surface area (Å²) in [7, 11) is 0. The third-order valence-corrected chi connectivity index (χ3v) is 4.32. The lowest BCUT2D eigenvalue weighted by Crippen LogP contribution is -2.21. The number of carbonyl (C=O) groups excluding carboxylic acids is 1. The number of nitriles is 1. The molecule has 0 radical (unpaired) electrons. The summed E-state index contributed by atoms with van der Waals surface area (Å²) in [6.45, 7) is 8.18. The summed E-state index contributed by atoms with van der Waals surface area (Å²) in [5.41, 5.74) is 3.93. The van der Waals surface area contributed by atoms with Crippen molar-refractivity contribution >= 4 is 23.4 Å². The highest BCUT2D eigenvalue weighted by Crippen LogP contribution is 2.17. The van der Waals surface area contributed by atoms with E-state index >= 15 is 0 Å². The molecular formula is C22H25N3O. The van der Waals surface area contributed by atoms with Crippen LogP contribution >= 0.6 is 0 Å². The first kappa shape index (κ1) is 19.3. The Hall–Kier alpha value is -3.06. The quantitative estimate of drug-likeness (QED) is 0.586. The summed E-state index contributed by atoms with van der Waals surface area (Å²) in [6, 6.07) is 17.5. The maximum absolute atomic E-state index is 12.4. The van der Waals surface area contributed by atoms with E-state index in [2.05, 4.69) is 31.0 Å². The number of amides is 1. The molecule has 2 aromatic carbocycles. The van der Waals surface area contributed by atoms with E-state index in [1.165, 1.54) is 5.56 Å². The van der Waals surface area contributed by atoms with Gasteiger partial charge in [-0.15, -0.1) is 0 Å². The molecule has 0 unspecified atom stereocenters. The molecule has 2 aromatic rings. The molecule has 0 aliphatic heterocycles. The highest BCUT2D eigenvalue weighted by molar-refractivity contribution is 6.09. The molecule has 0 fully saturated rings. The van der Waals surface area contributed by atoms with Crippen LogP contribution in [0.15, 0.2) is 54.1 Å². The third kappa shape index (κ3) is 4.97. The summed E-state index contributed by atoms with van der Waals surface area (Å²) in [5.74, 6) is -0.399. The van der Waals surface area contributed by atoms with Crippen LogP contribution < -0.4 is 10.2 Å². The smallest absolute Gasteiger partial charge is 0.266 e. The first-order valence-corrected chi connectivity index (χ1v) is 8.98. The van der Waals surface area contributed by atoms with Crippen LogP contribution in [0.4, 0.5) is 11.4 Å². The standard InChI is InChI=1S/C22H25N3O/c1-4-17-7-11-20(12-8-17)24-22(26)19(16-23)15-18-9-13-21(14-10-18)25(5-2)6-3/h7-15H,4-6H2,1-3H3,(H,24,26)/b19-15+. The molecule has 1 amide bonds. The van der Waals surface area contributed by atoms with Crippen LogP contribution in [0.5, 0.6) is 0 Å². The van der Waals surface area contributed by atoms with Gasteiger partial charge in [-0.2, -0.15) is 5.26 Å². The van der Waals surface area contributed by atoms with Crippen LogP contribution in [0.1, 0.15) is 31.9 Å². The Bertz CT molecular complexity index is 795. The Morgan fingerprint density at radius 2 is 1.65 bits per heavy atom. The fourth-order valence-electron chi connectivity index (χ4n) is 2.71. The Kier molecular flexibility index (Phi) is 6.99. The molecule has 0 spiro atoms. The maximum atomic E-state index is 12.4. The van der Waals surface area contributed by atoms with Gasteiger partial charge in [-0.05, 0) is 61.7 Å². The van der Waals surface area contributed by atoms with Gasteiger partial charge in [0.2, 0.25) is 0 Å². The number of rotatable bonds is 7. The minimum Gasteiger partial charge on any atom is -0.372 e. The van der Waals surface area contributed by atoms with E-state index in [4.69, 9.17) is 0 Å². The van der Waals surface area contributed by atoms with E-state index in [0.29, 0.717) is 5.69 Å². The van der Waals surface area contributed by atoms with Crippen molar-refractivity contribution in [3.63, 3.8) is 0 Å². The fourth-order valence-corrected chi connectivity index (χ4v) is 2.71. The van der Waals surface area contributed by atoms with E-state index in [1.54, 1.807) is 6.08 Å². The molecule has 134 valence electrons. The number of benzene rings is 2. The van der Waals surface area contributed by atoms with E-state index < -0.39 is 5.91 Å². The molecule has 0 heterocycles. The second-order valence-corrected chi connectivity index (χ2v) is 5.94. The van der Waals surface area contributed by atoms with Crippen molar-refractivity contribution in [2.75, 3.05) is 23.3 Å². The molecular weight excluding hydrogens is 322 g/mol. The van der Waals surface area contributed by atoms with Crippen molar-refractivity contribution in [2.24, 2.45) is 0 Å². The molecule has 0 saturated carbocycles. The van der Waals surface area contributed by atoms with Crippen molar-refractivity contribution in [2.45, 2.75) is 27.2 Å². The van der Waals surface area contributed by atoms with E-state index in [1.807, 2.05) is 54.6 Å². The number of aryl methyl sites for hydroxylation is 1. The van der Waals surface area contributed by atoms with Gasteiger partial charge in [0, 0.05) is 24.5 Å². The van der Waals surface area contributed by atoms with Gasteiger partial charge in [0.25, 0.3) is 5.91 Å². The van der Waals surface area contributed by atoms with E-state index in [0.717, 1.165) is 30.8 Å². The summed E-state index contributed by atoms with van der Waals surface area (Å²) >= 11 is 0. The minimum absolute atomic E-state index is 0.0835. The van der Waals surface area contributed by atoms with Crippen LogP contribution in [0, 0.1) is 11.3 Å². The molecule has 0 saturated heterocycles. The van der Waals surface area contributed by atoms with Gasteiger partial charge >= 0.3 is 0 Å². The number of hydrogen-bond acceptors (Lipinski definition) is 3. The Morgan fingerprint density at radius 3 is 2.15 bits per heavy atom. The number of nitrogens with one attached hydrogen (secondary N) is 1. The zero-order valence-electron chi connectivity index (χ0n) is 15.6. The maximum Gasteiger partial charge on any atom is 0.266 e. The molecule has 4 nitrogen and oxygen atoms in total. The van der Waals surface area contributed by atoms with Crippen LogP contribution in [0.3, 0.4) is 0 Å². The summed E-state index contributed by atoms with van der Waals surface area (Å²) < 4.78 is 0.